The number of nitrogens with zero attached hydrogens (tertiary/aromatic N) is 1. The molecule has 29 heavy (non-hydrogen) atoms. The summed E-state index contributed by atoms with van der Waals surface area (Å²) in [5.41, 5.74) is 3.16. The molecule has 0 amide bonds. The standard InChI is InChI=1S/C24H30N2S.2ClH/c1-26(2)24(20-8-4-3-5-9-20)15-12-21(13-16-24)25-17-14-19-18-27-23-11-7-6-10-22(19)23;;/h3-11,18,21,25H,12-17H2,1-2H3;2*1H/t21-,24-;;. The van der Waals surface area contributed by atoms with Crippen molar-refractivity contribution in [3.8, 4) is 0 Å². The van der Waals surface area contributed by atoms with Gasteiger partial charge in [0, 0.05) is 16.3 Å². The van der Waals surface area contributed by atoms with Gasteiger partial charge in [-0.15, -0.1) is 36.2 Å². The first kappa shape index (κ1) is 24.2. The highest BCUT2D eigenvalue weighted by Gasteiger charge is 2.38. The summed E-state index contributed by atoms with van der Waals surface area (Å²) in [7, 11) is 4.48. The summed E-state index contributed by atoms with van der Waals surface area (Å²) < 4.78 is 1.41. The van der Waals surface area contributed by atoms with Crippen molar-refractivity contribution in [2.75, 3.05) is 20.6 Å². The van der Waals surface area contributed by atoms with E-state index in [1.165, 1.54) is 46.9 Å². The Morgan fingerprint density at radius 2 is 1.62 bits per heavy atom. The smallest absolute Gasteiger partial charge is 0.0455 e. The second kappa shape index (κ2) is 10.8. The van der Waals surface area contributed by atoms with E-state index < -0.39 is 0 Å². The molecule has 2 aromatic carbocycles. The maximum Gasteiger partial charge on any atom is 0.0455 e. The van der Waals surface area contributed by atoms with Gasteiger partial charge >= 0.3 is 0 Å². The van der Waals surface area contributed by atoms with Crippen LogP contribution in [-0.2, 0) is 12.0 Å². The molecule has 1 N–H and O–H groups in total. The van der Waals surface area contributed by atoms with Crippen LogP contribution in [-0.4, -0.2) is 31.6 Å². The van der Waals surface area contributed by atoms with E-state index in [4.69, 9.17) is 0 Å². The first-order valence-electron chi connectivity index (χ1n) is 10.1. The minimum atomic E-state index is 0. The van der Waals surface area contributed by atoms with Gasteiger partial charge in [-0.2, -0.15) is 0 Å². The lowest BCUT2D eigenvalue weighted by atomic mass is 9.74. The van der Waals surface area contributed by atoms with Crippen molar-refractivity contribution in [1.29, 1.82) is 0 Å². The molecule has 158 valence electrons. The summed E-state index contributed by atoms with van der Waals surface area (Å²) in [5.74, 6) is 0. The van der Waals surface area contributed by atoms with Crippen LogP contribution in [0.25, 0.3) is 10.1 Å². The van der Waals surface area contributed by atoms with E-state index in [0.717, 1.165) is 13.0 Å². The zero-order valence-electron chi connectivity index (χ0n) is 17.3. The fourth-order valence-corrected chi connectivity index (χ4v) is 5.68. The molecule has 1 fully saturated rings. The fraction of sp³-hybridized carbons (Fsp3) is 0.417. The lowest BCUT2D eigenvalue weighted by molar-refractivity contribution is 0.0858. The van der Waals surface area contributed by atoms with E-state index in [-0.39, 0.29) is 30.4 Å². The molecule has 5 heteroatoms. The number of benzene rings is 2. The van der Waals surface area contributed by atoms with Crippen LogP contribution in [0.5, 0.6) is 0 Å². The predicted molar refractivity (Wildman–Crippen MR) is 132 cm³/mol. The van der Waals surface area contributed by atoms with E-state index >= 15 is 0 Å². The van der Waals surface area contributed by atoms with Crippen LogP contribution in [0.15, 0.2) is 60.0 Å². The Morgan fingerprint density at radius 3 is 2.31 bits per heavy atom. The zero-order valence-corrected chi connectivity index (χ0v) is 19.7. The van der Waals surface area contributed by atoms with Gasteiger partial charge in [-0.05, 0) is 80.7 Å². The summed E-state index contributed by atoms with van der Waals surface area (Å²) in [4.78, 5) is 2.44. The molecule has 1 aliphatic rings. The van der Waals surface area contributed by atoms with Crippen LogP contribution in [0.1, 0.15) is 36.8 Å². The molecule has 0 aliphatic heterocycles. The highest BCUT2D eigenvalue weighted by Crippen LogP contribution is 2.41. The second-order valence-corrected chi connectivity index (χ2v) is 8.94. The van der Waals surface area contributed by atoms with Crippen molar-refractivity contribution >= 4 is 46.2 Å². The lowest BCUT2D eigenvalue weighted by Crippen LogP contribution is -2.48. The van der Waals surface area contributed by atoms with Gasteiger partial charge in [0.25, 0.3) is 0 Å². The summed E-state index contributed by atoms with van der Waals surface area (Å²) in [5, 5.41) is 7.61. The molecule has 1 saturated carbocycles. The van der Waals surface area contributed by atoms with E-state index in [1.807, 2.05) is 11.3 Å². The molecule has 3 aromatic rings. The van der Waals surface area contributed by atoms with Gasteiger partial charge in [-0.3, -0.25) is 4.90 Å². The molecule has 0 atom stereocenters. The quantitative estimate of drug-likeness (QED) is 0.475. The SMILES string of the molecule is CN(C)[C@]1(c2ccccc2)CC[C@@H](NCCc2csc3ccccc23)CC1.Cl.Cl. The fourth-order valence-electron chi connectivity index (χ4n) is 4.68. The van der Waals surface area contributed by atoms with Gasteiger partial charge in [0.1, 0.15) is 0 Å². The maximum atomic E-state index is 3.84. The third-order valence-electron chi connectivity index (χ3n) is 6.37. The topological polar surface area (TPSA) is 15.3 Å². The number of nitrogens with one attached hydrogen (secondary N) is 1. The van der Waals surface area contributed by atoms with Crippen LogP contribution in [0, 0.1) is 0 Å². The Hall–Kier alpha value is -1.10. The van der Waals surface area contributed by atoms with Gasteiger partial charge in [0.15, 0.2) is 0 Å². The van der Waals surface area contributed by atoms with Crippen LogP contribution in [0.3, 0.4) is 0 Å². The predicted octanol–water partition coefficient (Wildman–Crippen LogP) is 6.28. The van der Waals surface area contributed by atoms with E-state index in [1.54, 1.807) is 0 Å². The molecular weight excluding hydrogens is 419 g/mol. The van der Waals surface area contributed by atoms with Crippen molar-refractivity contribution in [1.82, 2.24) is 10.2 Å². The molecule has 2 nitrogen and oxygen atoms in total. The number of hydrogen-bond donors (Lipinski definition) is 1. The summed E-state index contributed by atoms with van der Waals surface area (Å²) in [6.45, 7) is 1.08. The summed E-state index contributed by atoms with van der Waals surface area (Å²) >= 11 is 1.87. The average molecular weight is 452 g/mol. The Labute approximate surface area is 191 Å². The largest absolute Gasteiger partial charge is 0.314 e. The van der Waals surface area contributed by atoms with Gasteiger partial charge in [-0.25, -0.2) is 0 Å². The molecule has 1 heterocycles. The maximum absolute atomic E-state index is 3.84. The third kappa shape index (κ3) is 5.15. The van der Waals surface area contributed by atoms with Crippen molar-refractivity contribution in [3.05, 3.63) is 71.1 Å². The number of fused-ring (bicyclic) bond motifs is 1. The average Bonchev–Trinajstić information content (AvgIpc) is 3.12. The first-order valence-corrected chi connectivity index (χ1v) is 11.0. The van der Waals surface area contributed by atoms with Crippen LogP contribution in [0.2, 0.25) is 0 Å². The Kier molecular flexibility index (Phi) is 8.99. The third-order valence-corrected chi connectivity index (χ3v) is 7.38. The Morgan fingerprint density at radius 1 is 0.966 bits per heavy atom. The lowest BCUT2D eigenvalue weighted by Gasteiger charge is -2.45. The normalized spacial score (nSPS) is 21.6. The molecule has 0 spiro atoms. The van der Waals surface area contributed by atoms with Gasteiger partial charge in [-0.1, -0.05) is 48.5 Å². The number of rotatable bonds is 6. The second-order valence-electron chi connectivity index (χ2n) is 8.03. The van der Waals surface area contributed by atoms with E-state index in [9.17, 15) is 0 Å². The van der Waals surface area contributed by atoms with E-state index in [0.29, 0.717) is 6.04 Å². The Balaban J connectivity index is 0.00000150. The highest BCUT2D eigenvalue weighted by molar-refractivity contribution is 7.17. The van der Waals surface area contributed by atoms with Gasteiger partial charge < -0.3 is 5.32 Å². The number of hydrogen-bond acceptors (Lipinski definition) is 3. The molecule has 1 aliphatic carbocycles. The number of thiophene rings is 1. The summed E-state index contributed by atoms with van der Waals surface area (Å²) in [6, 6.07) is 20.5. The molecule has 1 aromatic heterocycles. The van der Waals surface area contributed by atoms with Crippen molar-refractivity contribution in [3.63, 3.8) is 0 Å². The molecule has 4 rings (SSSR count). The Bertz CT molecular complexity index is 871. The zero-order chi connectivity index (χ0) is 18.7. The monoisotopic (exact) mass is 450 g/mol. The molecule has 0 radical (unpaired) electrons. The van der Waals surface area contributed by atoms with Crippen molar-refractivity contribution in [2.24, 2.45) is 0 Å². The van der Waals surface area contributed by atoms with Crippen LogP contribution >= 0.6 is 36.2 Å². The van der Waals surface area contributed by atoms with Crippen LogP contribution in [0.4, 0.5) is 0 Å². The van der Waals surface area contributed by atoms with Crippen LogP contribution < -0.4 is 5.32 Å². The number of halogens is 2. The van der Waals surface area contributed by atoms with Crippen molar-refractivity contribution in [2.45, 2.75) is 43.7 Å². The van der Waals surface area contributed by atoms with Crippen molar-refractivity contribution < 1.29 is 0 Å². The minimum Gasteiger partial charge on any atom is -0.314 e. The molecule has 0 bridgehead atoms. The first-order chi connectivity index (χ1) is 13.2. The summed E-state index contributed by atoms with van der Waals surface area (Å²) in [6.07, 6.45) is 6.07. The van der Waals surface area contributed by atoms with Gasteiger partial charge in [0.2, 0.25) is 0 Å². The van der Waals surface area contributed by atoms with Gasteiger partial charge in [0.05, 0.1) is 0 Å². The molecule has 0 unspecified atom stereocenters. The minimum absolute atomic E-state index is 0. The molecule has 0 saturated heterocycles. The van der Waals surface area contributed by atoms with E-state index in [2.05, 4.69) is 84.3 Å². The molecular formula is C24H32Cl2N2S. The highest BCUT2D eigenvalue weighted by atomic mass is 35.5.